The largest absolute Gasteiger partial charge is 0.497 e. The summed E-state index contributed by atoms with van der Waals surface area (Å²) in [6.45, 7) is 3.73. The molecular weight excluding hydrogens is 246 g/mol. The van der Waals surface area contributed by atoms with E-state index in [1.54, 1.807) is 21.1 Å². The van der Waals surface area contributed by atoms with Gasteiger partial charge in [-0.25, -0.2) is 0 Å². The van der Waals surface area contributed by atoms with Crippen molar-refractivity contribution in [2.45, 2.75) is 19.9 Å². The Morgan fingerprint density at radius 1 is 1.26 bits per heavy atom. The summed E-state index contributed by atoms with van der Waals surface area (Å²) >= 11 is 0. The maximum atomic E-state index is 5.32. The molecule has 1 aromatic heterocycles. The molecule has 1 N–H and O–H groups in total. The van der Waals surface area contributed by atoms with Gasteiger partial charge in [-0.2, -0.15) is 4.98 Å². The molecule has 0 amide bonds. The molecule has 0 aliphatic rings. The third-order valence-corrected chi connectivity index (χ3v) is 2.69. The van der Waals surface area contributed by atoms with Gasteiger partial charge in [0.1, 0.15) is 17.5 Å². The lowest BCUT2D eigenvalue weighted by Gasteiger charge is -2.15. The van der Waals surface area contributed by atoms with E-state index in [1.807, 2.05) is 25.1 Å². The number of ether oxygens (including phenoxy) is 2. The van der Waals surface area contributed by atoms with Gasteiger partial charge in [-0.1, -0.05) is 5.16 Å². The van der Waals surface area contributed by atoms with Crippen molar-refractivity contribution in [3.05, 3.63) is 29.9 Å². The van der Waals surface area contributed by atoms with E-state index in [9.17, 15) is 0 Å². The molecule has 0 radical (unpaired) electrons. The molecule has 2 rings (SSSR count). The highest BCUT2D eigenvalue weighted by Gasteiger charge is 2.15. The molecular formula is C13H17N3O3. The predicted molar refractivity (Wildman–Crippen MR) is 70.6 cm³/mol. The zero-order chi connectivity index (χ0) is 13.8. The van der Waals surface area contributed by atoms with E-state index >= 15 is 0 Å². The number of rotatable bonds is 5. The lowest BCUT2D eigenvalue weighted by Crippen LogP contribution is -2.08. The summed E-state index contributed by atoms with van der Waals surface area (Å²) in [7, 11) is 3.23. The Morgan fingerprint density at radius 2 is 2.05 bits per heavy atom. The summed E-state index contributed by atoms with van der Waals surface area (Å²) in [5, 5.41) is 7.04. The van der Waals surface area contributed by atoms with Crippen LogP contribution in [-0.2, 0) is 0 Å². The van der Waals surface area contributed by atoms with E-state index in [2.05, 4.69) is 15.5 Å². The van der Waals surface area contributed by atoms with Gasteiger partial charge >= 0.3 is 0 Å². The zero-order valence-electron chi connectivity index (χ0n) is 11.4. The highest BCUT2D eigenvalue weighted by atomic mass is 16.5. The van der Waals surface area contributed by atoms with Crippen molar-refractivity contribution in [1.29, 1.82) is 0 Å². The summed E-state index contributed by atoms with van der Waals surface area (Å²) < 4.78 is 15.6. The van der Waals surface area contributed by atoms with Crippen molar-refractivity contribution >= 4 is 5.69 Å². The molecule has 0 aliphatic carbocycles. The Morgan fingerprint density at radius 3 is 2.63 bits per heavy atom. The standard InChI is InChI=1S/C13H17N3O3/c1-8(13-15-9(2)16-19-13)14-11-6-5-10(17-3)7-12(11)18-4/h5-8,14H,1-4H3/t8-/m1/s1. The summed E-state index contributed by atoms with van der Waals surface area (Å²) in [5.41, 5.74) is 0.839. The summed E-state index contributed by atoms with van der Waals surface area (Å²) in [6, 6.07) is 5.45. The van der Waals surface area contributed by atoms with Crippen LogP contribution in [0.15, 0.2) is 22.7 Å². The third-order valence-electron chi connectivity index (χ3n) is 2.69. The van der Waals surface area contributed by atoms with Crippen molar-refractivity contribution < 1.29 is 14.0 Å². The molecule has 1 heterocycles. The van der Waals surface area contributed by atoms with Crippen molar-refractivity contribution in [3.8, 4) is 11.5 Å². The van der Waals surface area contributed by atoms with Gasteiger partial charge in [0.2, 0.25) is 5.89 Å². The van der Waals surface area contributed by atoms with Crippen molar-refractivity contribution in [1.82, 2.24) is 10.1 Å². The molecule has 0 spiro atoms. The number of benzene rings is 1. The average Bonchev–Trinajstić information content (AvgIpc) is 2.86. The third kappa shape index (κ3) is 2.96. The van der Waals surface area contributed by atoms with Gasteiger partial charge in [0.15, 0.2) is 5.82 Å². The first-order chi connectivity index (χ1) is 9.13. The minimum Gasteiger partial charge on any atom is -0.497 e. The van der Waals surface area contributed by atoms with Crippen molar-refractivity contribution in [2.24, 2.45) is 0 Å². The highest BCUT2D eigenvalue weighted by molar-refractivity contribution is 5.59. The first kappa shape index (κ1) is 13.2. The first-order valence-corrected chi connectivity index (χ1v) is 5.92. The van der Waals surface area contributed by atoms with Crippen molar-refractivity contribution in [2.75, 3.05) is 19.5 Å². The Bertz CT molecular complexity index is 554. The lowest BCUT2D eigenvalue weighted by molar-refractivity contribution is 0.363. The average molecular weight is 263 g/mol. The van der Waals surface area contributed by atoms with Crippen LogP contribution < -0.4 is 14.8 Å². The normalized spacial score (nSPS) is 12.0. The van der Waals surface area contributed by atoms with Gasteiger partial charge in [-0.05, 0) is 26.0 Å². The molecule has 0 fully saturated rings. The predicted octanol–water partition coefficient (Wildman–Crippen LogP) is 2.57. The van der Waals surface area contributed by atoms with Gasteiger partial charge in [0.25, 0.3) is 0 Å². The minimum atomic E-state index is -0.108. The molecule has 2 aromatic rings. The van der Waals surface area contributed by atoms with Crippen LogP contribution in [0.5, 0.6) is 11.5 Å². The number of anilines is 1. The monoisotopic (exact) mass is 263 g/mol. The molecule has 102 valence electrons. The Balaban J connectivity index is 2.18. The fraction of sp³-hybridized carbons (Fsp3) is 0.385. The van der Waals surface area contributed by atoms with Crippen LogP contribution in [0.25, 0.3) is 0 Å². The second-order valence-electron chi connectivity index (χ2n) is 4.11. The second-order valence-corrected chi connectivity index (χ2v) is 4.11. The van der Waals surface area contributed by atoms with Crippen LogP contribution in [0.4, 0.5) is 5.69 Å². The van der Waals surface area contributed by atoms with Gasteiger partial charge in [0, 0.05) is 6.07 Å². The van der Waals surface area contributed by atoms with Gasteiger partial charge in [-0.15, -0.1) is 0 Å². The van der Waals surface area contributed by atoms with Crippen molar-refractivity contribution in [3.63, 3.8) is 0 Å². The highest BCUT2D eigenvalue weighted by Crippen LogP contribution is 2.31. The van der Waals surface area contributed by atoms with Gasteiger partial charge in [0.05, 0.1) is 19.9 Å². The Hall–Kier alpha value is -2.24. The molecule has 6 nitrogen and oxygen atoms in total. The molecule has 1 atom stereocenters. The van der Waals surface area contributed by atoms with Crippen LogP contribution >= 0.6 is 0 Å². The van der Waals surface area contributed by atoms with Gasteiger partial charge in [-0.3, -0.25) is 0 Å². The van der Waals surface area contributed by atoms with Gasteiger partial charge < -0.3 is 19.3 Å². The molecule has 6 heteroatoms. The first-order valence-electron chi connectivity index (χ1n) is 5.92. The Labute approximate surface area is 111 Å². The molecule has 19 heavy (non-hydrogen) atoms. The summed E-state index contributed by atoms with van der Waals surface area (Å²) in [5.74, 6) is 2.59. The van der Waals surface area contributed by atoms with Crippen LogP contribution in [0.3, 0.4) is 0 Å². The quantitative estimate of drug-likeness (QED) is 0.894. The summed E-state index contributed by atoms with van der Waals surface area (Å²) in [6.07, 6.45) is 0. The number of aryl methyl sites for hydroxylation is 1. The minimum absolute atomic E-state index is 0.108. The van der Waals surface area contributed by atoms with E-state index in [0.29, 0.717) is 17.5 Å². The van der Waals surface area contributed by atoms with Crippen LogP contribution in [0.1, 0.15) is 24.7 Å². The maximum absolute atomic E-state index is 5.32. The number of nitrogens with one attached hydrogen (secondary N) is 1. The smallest absolute Gasteiger partial charge is 0.248 e. The molecule has 0 saturated carbocycles. The molecule has 0 saturated heterocycles. The molecule has 0 bridgehead atoms. The number of methoxy groups -OCH3 is 2. The lowest BCUT2D eigenvalue weighted by atomic mass is 10.2. The van der Waals surface area contributed by atoms with Crippen LogP contribution in [-0.4, -0.2) is 24.4 Å². The maximum Gasteiger partial charge on any atom is 0.248 e. The SMILES string of the molecule is COc1ccc(N[C@H](C)c2nc(C)no2)c(OC)c1. The van der Waals surface area contributed by atoms with E-state index in [4.69, 9.17) is 14.0 Å². The van der Waals surface area contributed by atoms with Crippen LogP contribution in [0, 0.1) is 6.92 Å². The molecule has 0 unspecified atom stereocenters. The second kappa shape index (κ2) is 5.60. The topological polar surface area (TPSA) is 69.4 Å². The van der Waals surface area contributed by atoms with E-state index in [0.717, 1.165) is 11.4 Å². The van der Waals surface area contributed by atoms with E-state index in [-0.39, 0.29) is 6.04 Å². The molecule has 0 aliphatic heterocycles. The zero-order valence-corrected chi connectivity index (χ0v) is 11.4. The molecule has 1 aromatic carbocycles. The van der Waals surface area contributed by atoms with E-state index in [1.165, 1.54) is 0 Å². The Kier molecular flexibility index (Phi) is 3.89. The number of hydrogen-bond donors (Lipinski definition) is 1. The fourth-order valence-electron chi connectivity index (χ4n) is 1.70. The number of aromatic nitrogens is 2. The summed E-state index contributed by atoms with van der Waals surface area (Å²) in [4.78, 5) is 4.19. The number of nitrogens with zero attached hydrogens (tertiary/aromatic N) is 2. The van der Waals surface area contributed by atoms with E-state index < -0.39 is 0 Å². The number of hydrogen-bond acceptors (Lipinski definition) is 6. The fourth-order valence-corrected chi connectivity index (χ4v) is 1.70. The van der Waals surface area contributed by atoms with Crippen LogP contribution in [0.2, 0.25) is 0 Å².